The van der Waals surface area contributed by atoms with Gasteiger partial charge in [0.15, 0.2) is 12.7 Å². The van der Waals surface area contributed by atoms with E-state index in [4.69, 9.17) is 25.7 Å². The smallest absolute Gasteiger partial charge is 0.356 e. The first kappa shape index (κ1) is 56.0. The van der Waals surface area contributed by atoms with Crippen LogP contribution in [0.5, 0.6) is 0 Å². The molecule has 15 rings (SSSR count). The Kier molecular flexibility index (Phi) is 23.6. The van der Waals surface area contributed by atoms with E-state index in [2.05, 4.69) is 115 Å². The van der Waals surface area contributed by atoms with Gasteiger partial charge in [-0.25, -0.2) is 19.7 Å². The zero-order valence-electron chi connectivity index (χ0n) is 41.8. The van der Waals surface area contributed by atoms with E-state index in [1.807, 2.05) is 17.6 Å². The van der Waals surface area contributed by atoms with Crippen LogP contribution in [0.15, 0.2) is 121 Å². The molecule has 0 radical (unpaired) electrons. The largest absolute Gasteiger partial charge is 0.476 e. The zero-order chi connectivity index (χ0) is 52.2. The monoisotopic (exact) mass is 999 g/mol. The number of aromatic nitrogens is 6. The summed E-state index contributed by atoms with van der Waals surface area (Å²) in [6.07, 6.45) is 28.3. The Morgan fingerprint density at radius 2 is 0.959 bits per heavy atom. The van der Waals surface area contributed by atoms with Crippen molar-refractivity contribution in [3.8, 4) is 12.1 Å². The van der Waals surface area contributed by atoms with Crippen molar-refractivity contribution in [3.05, 3.63) is 221 Å². The molecule has 0 unspecified atom stereocenters. The summed E-state index contributed by atoms with van der Waals surface area (Å²) in [5, 5.41) is 33.1. The quantitative estimate of drug-likeness (QED) is 0.0926. The second-order valence-electron chi connectivity index (χ2n) is 17.1. The highest BCUT2D eigenvalue weighted by molar-refractivity contribution is 7.09. The number of halogens is 1. The van der Waals surface area contributed by atoms with Crippen LogP contribution in [0.3, 0.4) is 0 Å². The van der Waals surface area contributed by atoms with Gasteiger partial charge in [0.25, 0.3) is 0 Å². The number of aromatic carboxylic acids is 1. The minimum Gasteiger partial charge on any atom is -0.476 e. The number of fused-ring (bicyclic) bond motifs is 7. The topological polar surface area (TPSA) is 205 Å². The number of thiazole rings is 1. The second-order valence-corrected chi connectivity index (χ2v) is 18.0. The Morgan fingerprint density at radius 1 is 0.575 bits per heavy atom. The van der Waals surface area contributed by atoms with Crippen LogP contribution < -0.4 is 0 Å². The van der Waals surface area contributed by atoms with Crippen LogP contribution in [-0.2, 0) is 89.9 Å². The zero-order valence-corrected chi connectivity index (χ0v) is 42.7. The number of nitro groups is 1. The van der Waals surface area contributed by atoms with Gasteiger partial charge in [-0.3, -0.25) is 29.5 Å². The minimum atomic E-state index is -1.01. The molecule has 0 fully saturated rings. The first-order chi connectivity index (χ1) is 35.6. The molecule has 0 saturated heterocycles. The standard InChI is InChI=1S/C8H6N2.3C8H8.C7H6N2O2.C6H6N2.C5H5NS.C4H6.C2H3N.CH3F.CH3NO2/c9-5-7-3-1-6-2-4-8(6)10-7;3*1-2-4-8-6-5-7(8)3-1;10-7(11)6-3-8-4-1-2-5(4)9-6;1-2-6-5(1)7-3-4-8-6;1-2-5-4(1)6-3-7-5;1-2-4-3-1;1-2-3;1-2;1-2(3)4/h1,3H,2,4H2;3*1-4H,5-6H2;3H,1-2H2,(H,10,11);3-4H,1-2H2;3H,1-2H2;1-2H,3-4H2;1H3;1H3;1H3. The molecule has 4 heterocycles. The van der Waals surface area contributed by atoms with E-state index in [0.717, 1.165) is 62.7 Å². The molecule has 15 heteroatoms. The number of hydrogen-bond acceptors (Lipinski definition) is 12. The third-order valence-electron chi connectivity index (χ3n) is 12.3. The van der Waals surface area contributed by atoms with Gasteiger partial charge in [-0.1, -0.05) is 91.0 Å². The Hall–Kier alpha value is -7.88. The summed E-state index contributed by atoms with van der Waals surface area (Å²) in [6.45, 7) is 1.43. The van der Waals surface area contributed by atoms with E-state index in [1.165, 1.54) is 105 Å². The van der Waals surface area contributed by atoms with Crippen LogP contribution in [-0.4, -0.2) is 60.1 Å². The Morgan fingerprint density at radius 3 is 1.18 bits per heavy atom. The van der Waals surface area contributed by atoms with Gasteiger partial charge in [0, 0.05) is 34.8 Å². The van der Waals surface area contributed by atoms with Crippen LogP contribution in [0.2, 0.25) is 0 Å². The number of hydrogen-bond donors (Lipinski definition) is 1. The number of nitrogens with zero attached hydrogens (tertiary/aromatic N) is 9. The van der Waals surface area contributed by atoms with E-state index < -0.39 is 10.9 Å². The molecule has 3 aromatic carbocycles. The molecular formula is C58H62FN9O4S. The molecule has 0 bridgehead atoms. The Balaban J connectivity index is 0.000000152. The van der Waals surface area contributed by atoms with Crippen molar-refractivity contribution in [2.75, 3.05) is 14.2 Å². The summed E-state index contributed by atoms with van der Waals surface area (Å²) in [6, 6.07) is 33.4. The number of carboxylic acid groups (broad SMARTS) is 1. The molecule has 1 N–H and O–H groups in total. The Bertz CT molecular complexity index is 2690. The normalized spacial score (nSPS) is 13.3. The number of benzene rings is 3. The second kappa shape index (κ2) is 30.8. The molecule has 0 atom stereocenters. The molecule has 7 aromatic rings. The van der Waals surface area contributed by atoms with Gasteiger partial charge in [0.05, 0.1) is 53.4 Å². The number of carbonyl (C=O) groups is 1. The number of alkyl halides is 1. The predicted octanol–water partition coefficient (Wildman–Crippen LogP) is 10.8. The lowest BCUT2D eigenvalue weighted by Crippen LogP contribution is -2.16. The lowest BCUT2D eigenvalue weighted by atomic mass is 9.89. The highest BCUT2D eigenvalue weighted by Crippen LogP contribution is 2.25. The maximum absolute atomic E-state index is 10.4. The summed E-state index contributed by atoms with van der Waals surface area (Å²) in [5.41, 5.74) is 19.7. The van der Waals surface area contributed by atoms with Crippen molar-refractivity contribution in [3.63, 3.8) is 0 Å². The third-order valence-corrected chi connectivity index (χ3v) is 13.3. The van der Waals surface area contributed by atoms with Gasteiger partial charge in [-0.05, 0) is 148 Å². The number of carboxylic acids is 1. The lowest BCUT2D eigenvalue weighted by Gasteiger charge is -2.16. The molecular weight excluding hydrogens is 938 g/mol. The first-order valence-electron chi connectivity index (χ1n) is 24.4. The molecule has 0 spiro atoms. The van der Waals surface area contributed by atoms with Gasteiger partial charge in [0.1, 0.15) is 11.8 Å². The summed E-state index contributed by atoms with van der Waals surface area (Å²) in [5.74, 6) is -1.01. The van der Waals surface area contributed by atoms with Crippen molar-refractivity contribution < 1.29 is 19.2 Å². The maximum atomic E-state index is 10.4. The first-order valence-corrected chi connectivity index (χ1v) is 25.3. The molecule has 376 valence electrons. The van der Waals surface area contributed by atoms with Crippen molar-refractivity contribution in [2.45, 2.75) is 110 Å². The fraction of sp³-hybridized carbons (Fsp3) is 0.328. The maximum Gasteiger partial charge on any atom is 0.356 e. The molecule has 0 saturated carbocycles. The van der Waals surface area contributed by atoms with Crippen LogP contribution in [0, 0.1) is 32.8 Å². The summed E-state index contributed by atoms with van der Waals surface area (Å²) >= 11 is 1.78. The van der Waals surface area contributed by atoms with E-state index in [9.17, 15) is 9.18 Å². The highest BCUT2D eigenvalue weighted by atomic mass is 32.1. The number of allylic oxidation sites excluding steroid dienone is 2. The average Bonchev–Trinajstić information content (AvgIpc) is 3.64. The number of aryl methyl sites for hydroxylation is 14. The van der Waals surface area contributed by atoms with Gasteiger partial charge in [0.2, 0.25) is 0 Å². The molecule has 73 heavy (non-hydrogen) atoms. The molecule has 8 aliphatic rings. The minimum absolute atomic E-state index is 0.0449. The van der Waals surface area contributed by atoms with Crippen LogP contribution in [0.1, 0.15) is 114 Å². The van der Waals surface area contributed by atoms with Gasteiger partial charge < -0.3 is 5.11 Å². The number of rotatable bonds is 1. The highest BCUT2D eigenvalue weighted by Gasteiger charge is 2.19. The van der Waals surface area contributed by atoms with E-state index in [-0.39, 0.29) is 5.69 Å². The third kappa shape index (κ3) is 18.0. The van der Waals surface area contributed by atoms with Crippen LogP contribution in [0.4, 0.5) is 4.39 Å². The predicted molar refractivity (Wildman–Crippen MR) is 283 cm³/mol. The summed E-state index contributed by atoms with van der Waals surface area (Å²) in [7, 11) is 1.39. The number of pyridine rings is 1. The van der Waals surface area contributed by atoms with Crippen molar-refractivity contribution in [1.29, 1.82) is 10.5 Å². The van der Waals surface area contributed by atoms with Gasteiger partial charge >= 0.3 is 5.97 Å². The number of nitriles is 2. The lowest BCUT2D eigenvalue weighted by molar-refractivity contribution is -0.445. The van der Waals surface area contributed by atoms with Gasteiger partial charge in [-0.2, -0.15) is 10.5 Å². The Labute approximate surface area is 431 Å². The fourth-order valence-corrected chi connectivity index (χ4v) is 8.16. The van der Waals surface area contributed by atoms with Crippen LogP contribution in [0.25, 0.3) is 0 Å². The van der Waals surface area contributed by atoms with Gasteiger partial charge in [-0.15, -0.1) is 11.3 Å². The molecule has 4 aromatic heterocycles. The summed E-state index contributed by atoms with van der Waals surface area (Å²) in [4.78, 5) is 44.5. The fourth-order valence-electron chi connectivity index (χ4n) is 7.35. The molecule has 0 aliphatic heterocycles. The van der Waals surface area contributed by atoms with E-state index >= 15 is 0 Å². The van der Waals surface area contributed by atoms with Crippen molar-refractivity contribution >= 4 is 17.3 Å². The molecule has 0 amide bonds. The SMILES string of the molecule is C1=CCC1.CC#N.CF.C[N+](=O)[O-].N#Cc1ccc2c(n1)CC2.O=C(O)c1cnc2c(n1)CC2.c1ccc2c(c1)CC2.c1ccc2c(c1)CC2.c1ccc2c(c1)CC2.c1cnc2c(n1)CC2.c1nc2c(s1)CC2. The van der Waals surface area contributed by atoms with Crippen molar-refractivity contribution in [1.82, 2.24) is 29.9 Å². The van der Waals surface area contributed by atoms with Crippen LogP contribution >= 0.6 is 11.3 Å². The van der Waals surface area contributed by atoms with E-state index in [1.54, 1.807) is 69.2 Å². The van der Waals surface area contributed by atoms with E-state index in [0.29, 0.717) is 12.9 Å². The average molecular weight is 1000 g/mol. The van der Waals surface area contributed by atoms with Crippen molar-refractivity contribution in [2.24, 2.45) is 0 Å². The molecule has 13 nitrogen and oxygen atoms in total. The molecule has 8 aliphatic carbocycles. The summed E-state index contributed by atoms with van der Waals surface area (Å²) < 4.78 is 9.50.